The van der Waals surface area contributed by atoms with Crippen LogP contribution in [0.5, 0.6) is 0 Å². The summed E-state index contributed by atoms with van der Waals surface area (Å²) >= 11 is 0. The minimum atomic E-state index is -0.915. The average Bonchev–Trinajstić information content (AvgIpc) is 2.14. The Labute approximate surface area is 79.1 Å². The summed E-state index contributed by atoms with van der Waals surface area (Å²) in [7, 11) is 0. The van der Waals surface area contributed by atoms with Gasteiger partial charge < -0.3 is 10.2 Å². The van der Waals surface area contributed by atoms with Gasteiger partial charge in [-0.05, 0) is 12.5 Å². The Morgan fingerprint density at radius 2 is 2.00 bits per heavy atom. The lowest BCUT2D eigenvalue weighted by Gasteiger charge is -2.13. The first kappa shape index (κ1) is 12.3. The highest BCUT2D eigenvalue weighted by Gasteiger charge is 2.11. The number of aliphatic hydroxyl groups is 2. The number of allylic oxidation sites excluding steroid dienone is 1. The van der Waals surface area contributed by atoms with Crippen LogP contribution in [0, 0.1) is 0 Å². The molecule has 3 heteroatoms. The van der Waals surface area contributed by atoms with E-state index in [-0.39, 0.29) is 0 Å². The predicted octanol–water partition coefficient (Wildman–Crippen LogP) is 1.04. The number of aliphatic hydroxyl groups excluding tert-OH is 2. The Balaban J connectivity index is 3.61. The summed E-state index contributed by atoms with van der Waals surface area (Å²) in [5.41, 5.74) is 0. The number of hydrogen-bond acceptors (Lipinski definition) is 3. The van der Waals surface area contributed by atoms with Crippen LogP contribution in [0.25, 0.3) is 0 Å². The summed E-state index contributed by atoms with van der Waals surface area (Å²) in [6.45, 7) is 2.08. The van der Waals surface area contributed by atoms with Gasteiger partial charge in [-0.15, -0.1) is 0 Å². The quantitative estimate of drug-likeness (QED) is 0.355. The third kappa shape index (κ3) is 6.49. The maximum Gasteiger partial charge on any atom is 0.142 e. The normalized spacial score (nSPS) is 15.9. The van der Waals surface area contributed by atoms with Gasteiger partial charge in [0, 0.05) is 0 Å². The maximum absolute atomic E-state index is 9.91. The van der Waals surface area contributed by atoms with Gasteiger partial charge in [0.2, 0.25) is 0 Å². The molecule has 0 unspecified atom stereocenters. The van der Waals surface area contributed by atoms with Gasteiger partial charge in [-0.2, -0.15) is 0 Å². The van der Waals surface area contributed by atoms with Crippen LogP contribution in [0.15, 0.2) is 12.2 Å². The summed E-state index contributed by atoms with van der Waals surface area (Å²) in [5, 5.41) is 18.6. The van der Waals surface area contributed by atoms with Gasteiger partial charge in [-0.1, -0.05) is 32.3 Å². The predicted molar refractivity (Wildman–Crippen MR) is 51.4 cm³/mol. The fourth-order valence-corrected chi connectivity index (χ4v) is 1.06. The lowest BCUT2D eigenvalue weighted by molar-refractivity contribution is -0.104. The zero-order chi connectivity index (χ0) is 10.1. The average molecular weight is 186 g/mol. The SMILES string of the molecule is CCCCC[C@@H](O)[C@@H](O)/C=C/C=O. The number of aldehydes is 1. The molecule has 13 heavy (non-hydrogen) atoms. The second kappa shape index (κ2) is 7.95. The molecular formula is C10H18O3. The van der Waals surface area contributed by atoms with E-state index in [0.29, 0.717) is 12.7 Å². The summed E-state index contributed by atoms with van der Waals surface area (Å²) in [6.07, 6.45) is 5.07. The molecule has 0 saturated carbocycles. The molecule has 76 valence electrons. The molecule has 2 N–H and O–H groups in total. The van der Waals surface area contributed by atoms with Gasteiger partial charge in [0.1, 0.15) is 6.29 Å². The molecule has 0 aromatic heterocycles. The Hall–Kier alpha value is -0.670. The summed E-state index contributed by atoms with van der Waals surface area (Å²) < 4.78 is 0. The fourth-order valence-electron chi connectivity index (χ4n) is 1.06. The minimum absolute atomic E-state index is 0.582. The van der Waals surface area contributed by atoms with Crippen molar-refractivity contribution in [3.63, 3.8) is 0 Å². The molecule has 0 spiro atoms. The molecule has 0 rings (SSSR count). The van der Waals surface area contributed by atoms with Crippen LogP contribution in [-0.4, -0.2) is 28.7 Å². The van der Waals surface area contributed by atoms with Crippen molar-refractivity contribution in [3.8, 4) is 0 Å². The zero-order valence-corrected chi connectivity index (χ0v) is 8.02. The lowest BCUT2D eigenvalue weighted by Crippen LogP contribution is -2.23. The molecular weight excluding hydrogens is 168 g/mol. The second-order valence-electron chi connectivity index (χ2n) is 3.07. The van der Waals surface area contributed by atoms with Crippen molar-refractivity contribution < 1.29 is 15.0 Å². The number of carbonyl (C=O) groups excluding carboxylic acids is 1. The van der Waals surface area contributed by atoms with Gasteiger partial charge in [0.15, 0.2) is 0 Å². The lowest BCUT2D eigenvalue weighted by atomic mass is 10.1. The molecule has 0 heterocycles. The van der Waals surface area contributed by atoms with E-state index < -0.39 is 12.2 Å². The summed E-state index contributed by atoms with van der Waals surface area (Å²) in [4.78, 5) is 9.91. The van der Waals surface area contributed by atoms with E-state index in [1.54, 1.807) is 0 Å². The number of hydrogen-bond donors (Lipinski definition) is 2. The van der Waals surface area contributed by atoms with Crippen molar-refractivity contribution in [2.75, 3.05) is 0 Å². The van der Waals surface area contributed by atoms with Crippen molar-refractivity contribution >= 4 is 6.29 Å². The molecule has 0 radical (unpaired) electrons. The van der Waals surface area contributed by atoms with E-state index in [4.69, 9.17) is 0 Å². The maximum atomic E-state index is 9.91. The molecule has 0 aliphatic carbocycles. The zero-order valence-electron chi connectivity index (χ0n) is 8.02. The number of unbranched alkanes of at least 4 members (excludes halogenated alkanes) is 2. The van der Waals surface area contributed by atoms with Crippen LogP contribution in [0.1, 0.15) is 32.6 Å². The van der Waals surface area contributed by atoms with Crippen molar-refractivity contribution in [2.24, 2.45) is 0 Å². The monoisotopic (exact) mass is 186 g/mol. The van der Waals surface area contributed by atoms with Crippen LogP contribution < -0.4 is 0 Å². The molecule has 2 atom stereocenters. The van der Waals surface area contributed by atoms with Crippen LogP contribution in [0.3, 0.4) is 0 Å². The smallest absolute Gasteiger partial charge is 0.142 e. The first-order valence-corrected chi connectivity index (χ1v) is 4.70. The Bertz CT molecular complexity index is 154. The van der Waals surface area contributed by atoms with E-state index in [2.05, 4.69) is 6.92 Å². The van der Waals surface area contributed by atoms with Crippen molar-refractivity contribution in [1.29, 1.82) is 0 Å². The molecule has 0 amide bonds. The molecule has 0 saturated heterocycles. The molecule has 0 fully saturated rings. The van der Waals surface area contributed by atoms with Crippen LogP contribution in [0.4, 0.5) is 0 Å². The van der Waals surface area contributed by atoms with Crippen molar-refractivity contribution in [1.82, 2.24) is 0 Å². The van der Waals surface area contributed by atoms with E-state index in [1.807, 2.05) is 0 Å². The molecule has 0 aromatic rings. The van der Waals surface area contributed by atoms with E-state index in [0.717, 1.165) is 19.3 Å². The van der Waals surface area contributed by atoms with E-state index in [1.165, 1.54) is 12.2 Å². The van der Waals surface area contributed by atoms with Crippen LogP contribution in [0.2, 0.25) is 0 Å². The highest BCUT2D eigenvalue weighted by Crippen LogP contribution is 2.07. The van der Waals surface area contributed by atoms with Gasteiger partial charge >= 0.3 is 0 Å². The highest BCUT2D eigenvalue weighted by atomic mass is 16.3. The number of carbonyl (C=O) groups is 1. The topological polar surface area (TPSA) is 57.5 Å². The fraction of sp³-hybridized carbons (Fsp3) is 0.700. The van der Waals surface area contributed by atoms with E-state index in [9.17, 15) is 15.0 Å². The second-order valence-corrected chi connectivity index (χ2v) is 3.07. The van der Waals surface area contributed by atoms with Gasteiger partial charge in [-0.25, -0.2) is 0 Å². The van der Waals surface area contributed by atoms with E-state index >= 15 is 0 Å². The van der Waals surface area contributed by atoms with Gasteiger partial charge in [0.25, 0.3) is 0 Å². The van der Waals surface area contributed by atoms with Gasteiger partial charge in [0.05, 0.1) is 12.2 Å². The third-order valence-corrected chi connectivity index (χ3v) is 1.88. The molecule has 0 aliphatic heterocycles. The van der Waals surface area contributed by atoms with Crippen molar-refractivity contribution in [3.05, 3.63) is 12.2 Å². The largest absolute Gasteiger partial charge is 0.390 e. The van der Waals surface area contributed by atoms with Crippen molar-refractivity contribution in [2.45, 2.75) is 44.8 Å². The highest BCUT2D eigenvalue weighted by molar-refractivity contribution is 5.64. The van der Waals surface area contributed by atoms with Crippen LogP contribution in [-0.2, 0) is 4.79 Å². The molecule has 0 bridgehead atoms. The minimum Gasteiger partial charge on any atom is -0.390 e. The number of rotatable bonds is 7. The Morgan fingerprint density at radius 3 is 2.54 bits per heavy atom. The molecule has 0 aliphatic rings. The van der Waals surface area contributed by atoms with Crippen LogP contribution >= 0.6 is 0 Å². The molecule has 0 aromatic carbocycles. The first-order chi connectivity index (χ1) is 6.22. The standard InChI is InChI=1S/C10H18O3/c1-2-3-4-6-9(12)10(13)7-5-8-11/h5,7-10,12-13H,2-4,6H2,1H3/b7-5+/t9-,10+/m1/s1. The summed E-state index contributed by atoms with van der Waals surface area (Å²) in [5.74, 6) is 0. The summed E-state index contributed by atoms with van der Waals surface area (Å²) in [6, 6.07) is 0. The van der Waals surface area contributed by atoms with Gasteiger partial charge in [-0.3, -0.25) is 4.79 Å². The Morgan fingerprint density at radius 1 is 1.31 bits per heavy atom. The first-order valence-electron chi connectivity index (χ1n) is 4.70. The third-order valence-electron chi connectivity index (χ3n) is 1.88. The Kier molecular flexibility index (Phi) is 7.54. The molecule has 3 nitrogen and oxygen atoms in total.